The molecule has 0 fully saturated rings. The predicted molar refractivity (Wildman–Crippen MR) is 79.0 cm³/mol. The van der Waals surface area contributed by atoms with Crippen molar-refractivity contribution in [3.63, 3.8) is 0 Å². The fraction of sp³-hybridized carbons (Fsp3) is 0.133. The monoisotopic (exact) mass is 329 g/mol. The van der Waals surface area contributed by atoms with E-state index in [1.165, 1.54) is 12.3 Å². The zero-order chi connectivity index (χ0) is 17.1. The minimum Gasteiger partial charge on any atom is -0.459 e. The molecule has 24 heavy (non-hydrogen) atoms. The number of nitro groups is 1. The summed E-state index contributed by atoms with van der Waals surface area (Å²) in [5.41, 5.74) is -0.0533. The molecule has 2 heterocycles. The molecule has 0 amide bonds. The largest absolute Gasteiger partial charge is 0.459 e. The van der Waals surface area contributed by atoms with Gasteiger partial charge in [-0.3, -0.25) is 10.1 Å². The number of ether oxygens (including phenoxy) is 1. The van der Waals surface area contributed by atoms with Crippen molar-refractivity contribution in [2.75, 3.05) is 0 Å². The molecule has 3 rings (SSSR count). The highest BCUT2D eigenvalue weighted by molar-refractivity contribution is 5.94. The lowest BCUT2D eigenvalue weighted by Gasteiger charge is -2.04. The van der Waals surface area contributed by atoms with Crippen LogP contribution >= 0.6 is 0 Å². The van der Waals surface area contributed by atoms with Gasteiger partial charge in [-0.05, 0) is 25.1 Å². The van der Waals surface area contributed by atoms with E-state index in [1.54, 1.807) is 31.2 Å². The average Bonchev–Trinajstić information content (AvgIpc) is 3.23. The summed E-state index contributed by atoms with van der Waals surface area (Å²) in [7, 11) is 0. The first-order valence-electron chi connectivity index (χ1n) is 6.83. The highest BCUT2D eigenvalue weighted by Crippen LogP contribution is 2.24. The number of esters is 1. The quantitative estimate of drug-likeness (QED) is 0.398. The molecule has 0 spiro atoms. The molecule has 0 N–H and O–H groups in total. The van der Waals surface area contributed by atoms with Gasteiger partial charge < -0.3 is 13.6 Å². The lowest BCUT2D eigenvalue weighted by molar-refractivity contribution is -0.385. The smallest absolute Gasteiger partial charge is 0.345 e. The fourth-order valence-electron chi connectivity index (χ4n) is 2.08. The number of nitro benzene ring substituents is 1. The molecule has 0 atom stereocenters. The molecule has 0 aliphatic heterocycles. The molecule has 2 aromatic heterocycles. The van der Waals surface area contributed by atoms with Crippen molar-refractivity contribution in [1.29, 1.82) is 0 Å². The van der Waals surface area contributed by atoms with E-state index in [4.69, 9.17) is 13.6 Å². The van der Waals surface area contributed by atoms with E-state index < -0.39 is 10.9 Å². The van der Waals surface area contributed by atoms with E-state index >= 15 is 0 Å². The van der Waals surface area contributed by atoms with Crippen LogP contribution in [0.4, 0.5) is 5.69 Å². The Labute approximate surface area is 135 Å². The Morgan fingerprint density at radius 1 is 1.29 bits per heavy atom. The summed E-state index contributed by atoms with van der Waals surface area (Å²) in [5.74, 6) is -0.268. The molecule has 3 aromatic rings. The van der Waals surface area contributed by atoms with Crippen LogP contribution in [0.15, 0.2) is 45.4 Å². The number of hydrogen-bond acceptors (Lipinski definition) is 8. The van der Waals surface area contributed by atoms with E-state index in [-0.39, 0.29) is 29.6 Å². The van der Waals surface area contributed by atoms with Gasteiger partial charge in [-0.15, -0.1) is 10.2 Å². The van der Waals surface area contributed by atoms with Crippen LogP contribution in [0.5, 0.6) is 0 Å². The topological polar surface area (TPSA) is 122 Å². The van der Waals surface area contributed by atoms with Crippen molar-refractivity contribution < 1.29 is 23.3 Å². The molecule has 0 saturated carbocycles. The zero-order valence-electron chi connectivity index (χ0n) is 12.5. The normalized spacial score (nSPS) is 10.5. The van der Waals surface area contributed by atoms with Gasteiger partial charge in [0.2, 0.25) is 0 Å². The van der Waals surface area contributed by atoms with Crippen LogP contribution < -0.4 is 0 Å². The van der Waals surface area contributed by atoms with Crippen molar-refractivity contribution in [2.45, 2.75) is 13.5 Å². The van der Waals surface area contributed by atoms with Crippen molar-refractivity contribution in [3.8, 4) is 11.7 Å². The molecule has 122 valence electrons. The summed E-state index contributed by atoms with van der Waals surface area (Å²) in [6.07, 6.45) is 1.45. The number of carbonyl (C=O) groups excluding carboxylic acids is 1. The van der Waals surface area contributed by atoms with Gasteiger partial charge in [-0.25, -0.2) is 4.79 Å². The minimum atomic E-state index is -0.844. The maximum absolute atomic E-state index is 12.1. The molecule has 0 radical (unpaired) electrons. The first-order valence-corrected chi connectivity index (χ1v) is 6.83. The summed E-state index contributed by atoms with van der Waals surface area (Å²) < 4.78 is 15.4. The van der Waals surface area contributed by atoms with Crippen molar-refractivity contribution in [1.82, 2.24) is 10.2 Å². The predicted octanol–water partition coefficient (Wildman–Crippen LogP) is 2.90. The number of aryl methyl sites for hydroxylation is 1. The third-order valence-electron chi connectivity index (χ3n) is 3.17. The third-order valence-corrected chi connectivity index (χ3v) is 3.17. The standard InChI is InChI=1S/C15H11N3O6/c1-9-4-2-5-10(13(9)18(20)21)15(19)23-8-12-16-17-14(24-12)11-6-3-7-22-11/h2-7H,8H2,1H3. The van der Waals surface area contributed by atoms with E-state index in [9.17, 15) is 14.9 Å². The van der Waals surface area contributed by atoms with Crippen molar-refractivity contribution in [3.05, 3.63) is 63.7 Å². The second kappa shape index (κ2) is 6.32. The molecule has 1 aromatic carbocycles. The number of benzene rings is 1. The number of nitrogens with zero attached hydrogens (tertiary/aromatic N) is 3. The number of para-hydroxylation sites is 1. The highest BCUT2D eigenvalue weighted by atomic mass is 16.6. The second-order valence-corrected chi connectivity index (χ2v) is 4.78. The first kappa shape index (κ1) is 15.4. The SMILES string of the molecule is Cc1cccc(C(=O)OCc2nnc(-c3ccco3)o2)c1[N+](=O)[O-]. The molecule has 9 heteroatoms. The van der Waals surface area contributed by atoms with E-state index in [0.717, 1.165) is 0 Å². The van der Waals surface area contributed by atoms with Crippen LogP contribution in [0.25, 0.3) is 11.7 Å². The Balaban J connectivity index is 1.73. The molecule has 0 saturated heterocycles. The number of furan rings is 1. The van der Waals surface area contributed by atoms with Gasteiger partial charge in [0, 0.05) is 5.56 Å². The number of hydrogen-bond donors (Lipinski definition) is 0. The van der Waals surface area contributed by atoms with E-state index in [0.29, 0.717) is 11.3 Å². The van der Waals surface area contributed by atoms with Crippen LogP contribution in [0.3, 0.4) is 0 Å². The Morgan fingerprint density at radius 2 is 2.12 bits per heavy atom. The van der Waals surface area contributed by atoms with Crippen LogP contribution in [0, 0.1) is 17.0 Å². The van der Waals surface area contributed by atoms with Crippen LogP contribution in [0.2, 0.25) is 0 Å². The van der Waals surface area contributed by atoms with Crippen LogP contribution in [-0.2, 0) is 11.3 Å². The molecular formula is C15H11N3O6. The number of aromatic nitrogens is 2. The fourth-order valence-corrected chi connectivity index (χ4v) is 2.08. The Hall–Kier alpha value is -3.49. The van der Waals surface area contributed by atoms with Gasteiger partial charge in [0.1, 0.15) is 5.56 Å². The third kappa shape index (κ3) is 3.00. The number of carbonyl (C=O) groups is 1. The first-order chi connectivity index (χ1) is 11.6. The van der Waals surface area contributed by atoms with Gasteiger partial charge in [-0.1, -0.05) is 12.1 Å². The van der Waals surface area contributed by atoms with E-state index in [2.05, 4.69) is 10.2 Å². The summed E-state index contributed by atoms with van der Waals surface area (Å²) in [5, 5.41) is 18.6. The summed E-state index contributed by atoms with van der Waals surface area (Å²) >= 11 is 0. The van der Waals surface area contributed by atoms with Gasteiger partial charge >= 0.3 is 5.97 Å². The summed E-state index contributed by atoms with van der Waals surface area (Å²) in [6.45, 7) is 1.24. The Kier molecular flexibility index (Phi) is 4.06. The maximum Gasteiger partial charge on any atom is 0.345 e. The Bertz CT molecular complexity index is 885. The molecular weight excluding hydrogens is 318 g/mol. The molecule has 9 nitrogen and oxygen atoms in total. The molecule has 0 bridgehead atoms. The molecule has 0 unspecified atom stereocenters. The molecule has 0 aliphatic carbocycles. The maximum atomic E-state index is 12.1. The summed E-state index contributed by atoms with van der Waals surface area (Å²) in [6, 6.07) is 7.72. The van der Waals surface area contributed by atoms with Gasteiger partial charge in [0.25, 0.3) is 17.5 Å². The highest BCUT2D eigenvalue weighted by Gasteiger charge is 2.24. The minimum absolute atomic E-state index is 0.0463. The van der Waals surface area contributed by atoms with Gasteiger partial charge in [0.05, 0.1) is 11.2 Å². The zero-order valence-corrected chi connectivity index (χ0v) is 12.5. The van der Waals surface area contributed by atoms with E-state index in [1.807, 2.05) is 0 Å². The van der Waals surface area contributed by atoms with Gasteiger partial charge in [0.15, 0.2) is 12.4 Å². The lowest BCUT2D eigenvalue weighted by atomic mass is 10.1. The molecule has 0 aliphatic rings. The van der Waals surface area contributed by atoms with Gasteiger partial charge in [-0.2, -0.15) is 0 Å². The lowest BCUT2D eigenvalue weighted by Crippen LogP contribution is -2.09. The Morgan fingerprint density at radius 3 is 2.83 bits per heavy atom. The number of rotatable bonds is 5. The average molecular weight is 329 g/mol. The second-order valence-electron chi connectivity index (χ2n) is 4.78. The van der Waals surface area contributed by atoms with Crippen LogP contribution in [0.1, 0.15) is 21.8 Å². The van der Waals surface area contributed by atoms with Crippen molar-refractivity contribution in [2.24, 2.45) is 0 Å². The van der Waals surface area contributed by atoms with Crippen molar-refractivity contribution >= 4 is 11.7 Å². The van der Waals surface area contributed by atoms with Crippen LogP contribution in [-0.4, -0.2) is 21.1 Å². The summed E-state index contributed by atoms with van der Waals surface area (Å²) in [4.78, 5) is 22.6.